The summed E-state index contributed by atoms with van der Waals surface area (Å²) in [5.41, 5.74) is 0.137. The van der Waals surface area contributed by atoms with Gasteiger partial charge >= 0.3 is 6.09 Å². The van der Waals surface area contributed by atoms with Crippen LogP contribution in [-0.2, 0) is 16.1 Å². The Hall–Kier alpha value is -2.72. The van der Waals surface area contributed by atoms with Crippen molar-refractivity contribution in [2.75, 3.05) is 18.7 Å². The highest BCUT2D eigenvalue weighted by molar-refractivity contribution is 6.42. The van der Waals surface area contributed by atoms with Crippen LogP contribution in [0.15, 0.2) is 36.4 Å². The van der Waals surface area contributed by atoms with Gasteiger partial charge in [-0.2, -0.15) is 0 Å². The monoisotopic (exact) mass is 606 g/mol. The lowest BCUT2D eigenvalue weighted by Gasteiger charge is -2.60. The van der Waals surface area contributed by atoms with E-state index in [0.29, 0.717) is 59.5 Å². The molecule has 2 fully saturated rings. The lowest BCUT2D eigenvalue weighted by molar-refractivity contribution is -0.185. The fourth-order valence-corrected chi connectivity index (χ4v) is 7.45. The topological polar surface area (TPSA) is 126 Å². The van der Waals surface area contributed by atoms with E-state index in [0.717, 1.165) is 5.56 Å². The van der Waals surface area contributed by atoms with E-state index in [1.807, 2.05) is 25.1 Å². The van der Waals surface area contributed by atoms with Crippen LogP contribution in [0.25, 0.3) is 0 Å². The molecule has 0 bridgehead atoms. The zero-order valence-electron chi connectivity index (χ0n) is 23.1. The van der Waals surface area contributed by atoms with Gasteiger partial charge in [-0.3, -0.25) is 10.1 Å². The summed E-state index contributed by atoms with van der Waals surface area (Å²) in [5, 5.41) is 28.1. The highest BCUT2D eigenvalue weighted by atomic mass is 35.5. The van der Waals surface area contributed by atoms with Crippen LogP contribution < -0.4 is 20.1 Å². The van der Waals surface area contributed by atoms with Crippen LogP contribution in [0, 0.1) is 22.7 Å². The molecule has 222 valence electrons. The number of rotatable bonds is 7. The first kappa shape index (κ1) is 29.8. The summed E-state index contributed by atoms with van der Waals surface area (Å²) >= 11 is 12.0. The van der Waals surface area contributed by atoms with Crippen molar-refractivity contribution in [1.29, 1.82) is 0 Å². The number of halogens is 2. The standard InChI is InChI=1S/C30H36Cl2N2O7/c1-29-10-9-26(41-28(38)34-18-4-5-20(31)21(32)12-18)30(2,15-35)25(29)8-6-22(36)19(29)13-27(37)33-14-17-3-7-23-24(11-17)40-16-39-23/h3-5,7,11-12,19,22,25-26,35-36H,6,8-10,13-16H2,1-2H3,(H,33,37)(H,34,38)/t19-,22+,25+,26+,29-,30-/m0/s1. The van der Waals surface area contributed by atoms with Gasteiger partial charge in [0.15, 0.2) is 11.5 Å². The van der Waals surface area contributed by atoms with Gasteiger partial charge in [0.1, 0.15) is 6.10 Å². The SMILES string of the molecule is C[C@]1(CO)[C@@H]2CC[C@@H](O)[C@H](CC(=O)NCc3ccc4c(c3)OCO4)[C@]2(C)CC[C@H]1OC(=O)Nc1ccc(Cl)c(Cl)c1. The summed E-state index contributed by atoms with van der Waals surface area (Å²) in [5.74, 6) is 0.797. The zero-order chi connectivity index (χ0) is 29.4. The molecule has 0 aromatic heterocycles. The Balaban J connectivity index is 1.25. The van der Waals surface area contributed by atoms with E-state index in [1.54, 1.807) is 18.2 Å². The molecule has 0 unspecified atom stereocenters. The average Bonchev–Trinajstić information content (AvgIpc) is 3.41. The molecule has 1 heterocycles. The molecule has 2 aliphatic carbocycles. The minimum absolute atomic E-state index is 0.0772. The van der Waals surface area contributed by atoms with Crippen LogP contribution in [0.3, 0.4) is 0 Å². The van der Waals surface area contributed by atoms with E-state index in [1.165, 1.54) is 0 Å². The number of aliphatic hydroxyl groups excluding tert-OH is 2. The minimum Gasteiger partial charge on any atom is -0.454 e. The number of ether oxygens (including phenoxy) is 3. The van der Waals surface area contributed by atoms with E-state index < -0.39 is 29.1 Å². The second-order valence-electron chi connectivity index (χ2n) is 11.8. The summed E-state index contributed by atoms with van der Waals surface area (Å²) in [6.07, 6.45) is 0.581. The number of amides is 2. The van der Waals surface area contributed by atoms with Crippen LogP contribution in [0.2, 0.25) is 10.0 Å². The Morgan fingerprint density at radius 2 is 1.83 bits per heavy atom. The molecule has 2 amide bonds. The first-order chi connectivity index (χ1) is 19.5. The van der Waals surface area contributed by atoms with Crippen molar-refractivity contribution < 1.29 is 34.0 Å². The van der Waals surface area contributed by atoms with Crippen LogP contribution in [0.1, 0.15) is 51.5 Å². The third-order valence-corrected chi connectivity index (χ3v) is 10.2. The van der Waals surface area contributed by atoms with Gasteiger partial charge in [0.25, 0.3) is 0 Å². The largest absolute Gasteiger partial charge is 0.454 e. The molecular formula is C30H36Cl2N2O7. The number of carbonyl (C=O) groups excluding carboxylic acids is 2. The molecule has 2 saturated carbocycles. The molecule has 4 N–H and O–H groups in total. The molecule has 11 heteroatoms. The van der Waals surface area contributed by atoms with Crippen molar-refractivity contribution in [2.24, 2.45) is 22.7 Å². The first-order valence-corrected chi connectivity index (χ1v) is 14.7. The maximum Gasteiger partial charge on any atom is 0.411 e. The number of nitrogens with one attached hydrogen (secondary N) is 2. The number of anilines is 1. The number of aliphatic hydroxyl groups is 2. The van der Waals surface area contributed by atoms with E-state index in [-0.39, 0.29) is 37.6 Å². The van der Waals surface area contributed by atoms with Crippen molar-refractivity contribution in [2.45, 2.75) is 64.7 Å². The molecular weight excluding hydrogens is 571 g/mol. The average molecular weight is 608 g/mol. The quantitative estimate of drug-likeness (QED) is 0.326. The van der Waals surface area contributed by atoms with Crippen molar-refractivity contribution in [3.05, 3.63) is 52.0 Å². The second-order valence-corrected chi connectivity index (χ2v) is 12.6. The van der Waals surface area contributed by atoms with Gasteiger partial charge < -0.3 is 29.7 Å². The predicted octanol–water partition coefficient (Wildman–Crippen LogP) is 5.53. The molecule has 1 aliphatic heterocycles. The highest BCUT2D eigenvalue weighted by Crippen LogP contribution is 2.61. The molecule has 3 aliphatic rings. The van der Waals surface area contributed by atoms with E-state index >= 15 is 0 Å². The van der Waals surface area contributed by atoms with Crippen LogP contribution >= 0.6 is 23.2 Å². The Morgan fingerprint density at radius 1 is 1.05 bits per heavy atom. The summed E-state index contributed by atoms with van der Waals surface area (Å²) in [6, 6.07) is 10.3. The highest BCUT2D eigenvalue weighted by Gasteiger charge is 2.60. The number of fused-ring (bicyclic) bond motifs is 2. The predicted molar refractivity (Wildman–Crippen MR) is 154 cm³/mol. The van der Waals surface area contributed by atoms with Gasteiger partial charge in [0, 0.05) is 24.1 Å². The molecule has 6 atom stereocenters. The minimum atomic E-state index is -0.761. The Labute approximate surface area is 249 Å². The molecule has 9 nitrogen and oxygen atoms in total. The number of hydrogen-bond donors (Lipinski definition) is 4. The van der Waals surface area contributed by atoms with Crippen molar-refractivity contribution >= 4 is 40.9 Å². The number of hydrogen-bond acceptors (Lipinski definition) is 7. The second kappa shape index (κ2) is 11.9. The van der Waals surface area contributed by atoms with E-state index in [4.69, 9.17) is 37.4 Å². The fourth-order valence-electron chi connectivity index (χ4n) is 7.15. The van der Waals surface area contributed by atoms with Gasteiger partial charge in [-0.1, -0.05) is 43.1 Å². The van der Waals surface area contributed by atoms with Crippen LogP contribution in [0.5, 0.6) is 11.5 Å². The van der Waals surface area contributed by atoms with Gasteiger partial charge in [-0.15, -0.1) is 0 Å². The summed E-state index contributed by atoms with van der Waals surface area (Å²) in [6.45, 7) is 4.34. The fraction of sp³-hybridized carbons (Fsp3) is 0.533. The van der Waals surface area contributed by atoms with Gasteiger partial charge in [0.05, 0.1) is 22.8 Å². The smallest absolute Gasteiger partial charge is 0.411 e. The van der Waals surface area contributed by atoms with Crippen molar-refractivity contribution in [3.8, 4) is 11.5 Å². The number of carbonyl (C=O) groups is 2. The summed E-state index contributed by atoms with van der Waals surface area (Å²) in [4.78, 5) is 26.0. The van der Waals surface area contributed by atoms with Gasteiger partial charge in [-0.05, 0) is 78.8 Å². The Kier molecular flexibility index (Phi) is 8.62. The zero-order valence-corrected chi connectivity index (χ0v) is 24.6. The molecule has 0 saturated heterocycles. The Morgan fingerprint density at radius 3 is 2.59 bits per heavy atom. The number of benzene rings is 2. The first-order valence-electron chi connectivity index (χ1n) is 13.9. The summed E-state index contributed by atoms with van der Waals surface area (Å²) in [7, 11) is 0. The third-order valence-electron chi connectivity index (χ3n) is 9.42. The molecule has 2 aromatic rings. The van der Waals surface area contributed by atoms with E-state index in [9.17, 15) is 19.8 Å². The van der Waals surface area contributed by atoms with Crippen molar-refractivity contribution in [3.63, 3.8) is 0 Å². The van der Waals surface area contributed by atoms with Gasteiger partial charge in [0.2, 0.25) is 12.7 Å². The lowest BCUT2D eigenvalue weighted by Crippen LogP contribution is -2.61. The Bertz CT molecular complexity index is 1310. The van der Waals surface area contributed by atoms with Gasteiger partial charge in [-0.25, -0.2) is 4.79 Å². The molecule has 0 spiro atoms. The molecule has 2 aromatic carbocycles. The maximum atomic E-state index is 13.1. The van der Waals surface area contributed by atoms with Crippen molar-refractivity contribution in [1.82, 2.24) is 5.32 Å². The maximum absolute atomic E-state index is 13.1. The van der Waals surface area contributed by atoms with Crippen LogP contribution in [-0.4, -0.2) is 47.8 Å². The van der Waals surface area contributed by atoms with E-state index in [2.05, 4.69) is 17.6 Å². The molecule has 5 rings (SSSR count). The lowest BCUT2D eigenvalue weighted by atomic mass is 9.46. The van der Waals surface area contributed by atoms with Crippen LogP contribution in [0.4, 0.5) is 10.5 Å². The summed E-state index contributed by atoms with van der Waals surface area (Å²) < 4.78 is 16.6. The molecule has 0 radical (unpaired) electrons. The third kappa shape index (κ3) is 5.95. The molecule has 41 heavy (non-hydrogen) atoms. The normalized spacial score (nSPS) is 30.3.